The van der Waals surface area contributed by atoms with Crippen LogP contribution >= 0.6 is 27.5 Å². The predicted molar refractivity (Wildman–Crippen MR) is 84.9 cm³/mol. The fraction of sp³-hybridized carbons (Fsp3) is 0.0714. The summed E-state index contributed by atoms with van der Waals surface area (Å²) in [6, 6.07) is 9.51. The Hall–Kier alpha value is -1.92. The number of halogens is 2. The molecule has 7 heteroatoms. The largest absolute Gasteiger partial charge is 0.321 e. The number of carbonyl (C=O) groups is 1. The van der Waals surface area contributed by atoms with Gasteiger partial charge in [0.25, 0.3) is 11.6 Å². The summed E-state index contributed by atoms with van der Waals surface area (Å²) in [5.41, 5.74) is 0.682. The first kappa shape index (κ1) is 15.5. The molecule has 1 N–H and O–H groups in total. The Labute approximate surface area is 134 Å². The van der Waals surface area contributed by atoms with E-state index in [0.717, 1.165) is 0 Å². The summed E-state index contributed by atoms with van der Waals surface area (Å²) in [5.74, 6) is -0.562. The summed E-state index contributed by atoms with van der Waals surface area (Å²) in [5, 5.41) is 14.2. The minimum absolute atomic E-state index is 0.00637. The monoisotopic (exact) mass is 368 g/mol. The standard InChI is InChI=1S/C14H10BrClN2O3/c1-8-3-2-4-10(13(8)18(20)21)14(19)17-12-7-9(16)5-6-11(12)15/h2-7H,1H3,(H,17,19). The molecule has 2 aromatic carbocycles. The van der Waals surface area contributed by atoms with Crippen LogP contribution in [0.1, 0.15) is 15.9 Å². The summed E-state index contributed by atoms with van der Waals surface area (Å²) in [4.78, 5) is 22.8. The molecule has 0 bridgehead atoms. The second-order valence-electron chi connectivity index (χ2n) is 4.31. The van der Waals surface area contributed by atoms with Gasteiger partial charge in [-0.15, -0.1) is 0 Å². The molecule has 1 amide bonds. The van der Waals surface area contributed by atoms with Crippen LogP contribution in [0.2, 0.25) is 5.02 Å². The number of amides is 1. The lowest BCUT2D eigenvalue weighted by molar-refractivity contribution is -0.385. The van der Waals surface area contributed by atoms with Gasteiger partial charge in [0.1, 0.15) is 5.56 Å². The number of rotatable bonds is 3. The number of anilines is 1. The van der Waals surface area contributed by atoms with Crippen LogP contribution in [0.25, 0.3) is 0 Å². The first-order valence-corrected chi connectivity index (χ1v) is 7.07. The van der Waals surface area contributed by atoms with Crippen LogP contribution in [-0.4, -0.2) is 10.8 Å². The summed E-state index contributed by atoms with van der Waals surface area (Å²) in [6.07, 6.45) is 0. The molecule has 21 heavy (non-hydrogen) atoms. The molecule has 0 unspecified atom stereocenters. The zero-order chi connectivity index (χ0) is 15.6. The molecule has 0 aliphatic heterocycles. The highest BCUT2D eigenvalue weighted by molar-refractivity contribution is 9.10. The van der Waals surface area contributed by atoms with Crippen molar-refractivity contribution in [2.45, 2.75) is 6.92 Å². The van der Waals surface area contributed by atoms with E-state index < -0.39 is 10.8 Å². The Morgan fingerprint density at radius 3 is 2.71 bits per heavy atom. The third-order valence-corrected chi connectivity index (χ3v) is 3.77. The number of benzene rings is 2. The minimum atomic E-state index is -0.562. The van der Waals surface area contributed by atoms with Gasteiger partial charge in [-0.1, -0.05) is 23.7 Å². The van der Waals surface area contributed by atoms with Gasteiger partial charge in [0.05, 0.1) is 10.6 Å². The molecule has 0 fully saturated rings. The van der Waals surface area contributed by atoms with Gasteiger partial charge in [0.2, 0.25) is 0 Å². The van der Waals surface area contributed by atoms with Crippen molar-refractivity contribution in [1.29, 1.82) is 0 Å². The average molecular weight is 370 g/mol. The van der Waals surface area contributed by atoms with E-state index in [9.17, 15) is 14.9 Å². The van der Waals surface area contributed by atoms with E-state index in [-0.39, 0.29) is 11.3 Å². The summed E-state index contributed by atoms with van der Waals surface area (Å²) in [7, 11) is 0. The number of nitro groups is 1. The maximum absolute atomic E-state index is 12.3. The van der Waals surface area contributed by atoms with Crippen molar-refractivity contribution in [3.8, 4) is 0 Å². The maximum Gasteiger partial charge on any atom is 0.285 e. The summed E-state index contributed by atoms with van der Waals surface area (Å²) < 4.78 is 0.635. The number of hydrogen-bond donors (Lipinski definition) is 1. The van der Waals surface area contributed by atoms with Crippen LogP contribution in [-0.2, 0) is 0 Å². The highest BCUT2D eigenvalue weighted by Gasteiger charge is 2.22. The van der Waals surface area contributed by atoms with Crippen molar-refractivity contribution < 1.29 is 9.72 Å². The fourth-order valence-electron chi connectivity index (χ4n) is 1.87. The van der Waals surface area contributed by atoms with Crippen LogP contribution in [0, 0.1) is 17.0 Å². The Morgan fingerprint density at radius 1 is 1.33 bits per heavy atom. The fourth-order valence-corrected chi connectivity index (χ4v) is 2.39. The quantitative estimate of drug-likeness (QED) is 0.636. The van der Waals surface area contributed by atoms with E-state index in [2.05, 4.69) is 21.2 Å². The molecule has 0 heterocycles. The van der Waals surface area contributed by atoms with Gasteiger partial charge >= 0.3 is 0 Å². The van der Waals surface area contributed by atoms with Gasteiger partial charge in [0.15, 0.2) is 0 Å². The average Bonchev–Trinajstić information content (AvgIpc) is 2.42. The molecule has 0 spiro atoms. The second kappa shape index (κ2) is 6.24. The van der Waals surface area contributed by atoms with Crippen LogP contribution < -0.4 is 5.32 Å². The normalized spacial score (nSPS) is 10.2. The summed E-state index contributed by atoms with van der Waals surface area (Å²) >= 11 is 9.16. The Morgan fingerprint density at radius 2 is 2.05 bits per heavy atom. The number of hydrogen-bond acceptors (Lipinski definition) is 3. The molecule has 0 saturated heterocycles. The van der Waals surface area contributed by atoms with E-state index in [0.29, 0.717) is 20.7 Å². The number of nitro benzene ring substituents is 1. The van der Waals surface area contributed by atoms with Gasteiger partial charge in [-0.05, 0) is 47.1 Å². The molecular weight excluding hydrogens is 360 g/mol. The number of para-hydroxylation sites is 1. The van der Waals surface area contributed by atoms with Crippen molar-refractivity contribution in [3.63, 3.8) is 0 Å². The lowest BCUT2D eigenvalue weighted by atomic mass is 10.1. The van der Waals surface area contributed by atoms with E-state index >= 15 is 0 Å². The van der Waals surface area contributed by atoms with Gasteiger partial charge in [-0.25, -0.2) is 0 Å². The van der Waals surface area contributed by atoms with Crippen molar-refractivity contribution in [3.05, 3.63) is 67.1 Å². The Bertz CT molecular complexity index is 734. The molecule has 108 valence electrons. The molecule has 0 aromatic heterocycles. The van der Waals surface area contributed by atoms with Crippen molar-refractivity contribution >= 4 is 44.8 Å². The highest BCUT2D eigenvalue weighted by atomic mass is 79.9. The van der Waals surface area contributed by atoms with Crippen molar-refractivity contribution in [1.82, 2.24) is 0 Å². The lowest BCUT2D eigenvalue weighted by Crippen LogP contribution is -2.15. The third-order valence-electron chi connectivity index (χ3n) is 2.84. The SMILES string of the molecule is Cc1cccc(C(=O)Nc2cc(Cl)ccc2Br)c1[N+](=O)[O-]. The van der Waals surface area contributed by atoms with Gasteiger partial charge < -0.3 is 5.32 Å². The highest BCUT2D eigenvalue weighted by Crippen LogP contribution is 2.28. The van der Waals surface area contributed by atoms with Crippen molar-refractivity contribution in [2.75, 3.05) is 5.32 Å². The van der Waals surface area contributed by atoms with Crippen molar-refractivity contribution in [2.24, 2.45) is 0 Å². The third kappa shape index (κ3) is 3.40. The van der Waals surface area contributed by atoms with E-state index in [1.54, 1.807) is 37.3 Å². The zero-order valence-electron chi connectivity index (χ0n) is 10.9. The smallest absolute Gasteiger partial charge is 0.285 e. The second-order valence-corrected chi connectivity index (χ2v) is 5.60. The molecule has 0 aliphatic carbocycles. The van der Waals surface area contributed by atoms with E-state index in [1.807, 2.05) is 0 Å². The van der Waals surface area contributed by atoms with Crippen LogP contribution in [0.3, 0.4) is 0 Å². The first-order valence-electron chi connectivity index (χ1n) is 5.90. The van der Waals surface area contributed by atoms with Crippen LogP contribution in [0.15, 0.2) is 40.9 Å². The Kier molecular flexibility index (Phi) is 4.59. The predicted octanol–water partition coefficient (Wildman–Crippen LogP) is 4.57. The molecular formula is C14H10BrClN2O3. The molecule has 2 aromatic rings. The molecule has 0 aliphatic rings. The molecule has 0 atom stereocenters. The Balaban J connectivity index is 2.40. The lowest BCUT2D eigenvalue weighted by Gasteiger charge is -2.09. The summed E-state index contributed by atoms with van der Waals surface area (Å²) in [6.45, 7) is 1.59. The zero-order valence-corrected chi connectivity index (χ0v) is 13.2. The minimum Gasteiger partial charge on any atom is -0.321 e. The number of nitrogens with zero attached hydrogens (tertiary/aromatic N) is 1. The number of carbonyl (C=O) groups excluding carboxylic acids is 1. The van der Waals surface area contributed by atoms with E-state index in [4.69, 9.17) is 11.6 Å². The van der Waals surface area contributed by atoms with Crippen LogP contribution in [0.5, 0.6) is 0 Å². The van der Waals surface area contributed by atoms with Crippen LogP contribution in [0.4, 0.5) is 11.4 Å². The van der Waals surface area contributed by atoms with Gasteiger partial charge in [0, 0.05) is 15.1 Å². The molecule has 2 rings (SSSR count). The molecule has 0 radical (unpaired) electrons. The first-order chi connectivity index (χ1) is 9.90. The topological polar surface area (TPSA) is 72.2 Å². The molecule has 5 nitrogen and oxygen atoms in total. The molecule has 0 saturated carbocycles. The van der Waals surface area contributed by atoms with E-state index in [1.165, 1.54) is 6.07 Å². The maximum atomic E-state index is 12.3. The van der Waals surface area contributed by atoms with Gasteiger partial charge in [-0.2, -0.15) is 0 Å². The van der Waals surface area contributed by atoms with Gasteiger partial charge in [-0.3, -0.25) is 14.9 Å². The number of aryl methyl sites for hydroxylation is 1. The number of nitrogens with one attached hydrogen (secondary N) is 1.